The highest BCUT2D eigenvalue weighted by atomic mass is 32.3. The second kappa shape index (κ2) is 5.34. The third kappa shape index (κ3) is 5.02. The summed E-state index contributed by atoms with van der Waals surface area (Å²) in [5, 5.41) is 0. The lowest BCUT2D eigenvalue weighted by molar-refractivity contribution is -0.0476. The van der Waals surface area contributed by atoms with Crippen LogP contribution in [0.1, 0.15) is 0 Å². The molecule has 0 unspecified atom stereocenters. The minimum absolute atomic E-state index is 0. The van der Waals surface area contributed by atoms with Gasteiger partial charge in [0, 0.05) is 0 Å². The molecule has 0 aliphatic heterocycles. The SMILES string of the molecule is O.O.O=S(=O)(NS(=O)(=O)C(F)(F)F)C(F)(F)F. The second-order valence-electron chi connectivity index (χ2n) is 1.98. The van der Waals surface area contributed by atoms with E-state index >= 15 is 0 Å². The standard InChI is InChI=1S/C2HF6NO4S2.2H2O/c3-1(4,5)14(10,11)9-15(12,13)2(6,7)8;;/h9H;2*1H2. The fourth-order valence-electron chi connectivity index (χ4n) is 0.239. The summed E-state index contributed by atoms with van der Waals surface area (Å²) < 4.78 is 108. The molecule has 108 valence electrons. The minimum atomic E-state index is -6.60. The van der Waals surface area contributed by atoms with Crippen molar-refractivity contribution in [2.45, 2.75) is 11.0 Å². The molecule has 0 heterocycles. The topological polar surface area (TPSA) is 143 Å². The zero-order valence-electron chi connectivity index (χ0n) is 7.22. The van der Waals surface area contributed by atoms with Gasteiger partial charge < -0.3 is 11.0 Å². The van der Waals surface area contributed by atoms with Crippen molar-refractivity contribution in [2.24, 2.45) is 0 Å². The third-order valence-corrected chi connectivity index (χ3v) is 3.80. The van der Waals surface area contributed by atoms with Crippen LogP contribution in [0.15, 0.2) is 0 Å². The molecule has 0 aromatic carbocycles. The third-order valence-electron chi connectivity index (χ3n) is 0.829. The Morgan fingerprint density at radius 2 is 0.824 bits per heavy atom. The van der Waals surface area contributed by atoms with Crippen molar-refractivity contribution in [2.75, 3.05) is 0 Å². The van der Waals surface area contributed by atoms with Gasteiger partial charge in [0.1, 0.15) is 0 Å². The maximum absolute atomic E-state index is 11.5. The molecule has 0 radical (unpaired) electrons. The van der Waals surface area contributed by atoms with Crippen LogP contribution in [0.4, 0.5) is 26.3 Å². The lowest BCUT2D eigenvalue weighted by Crippen LogP contribution is -2.45. The Bertz CT molecular complexity index is 388. The number of rotatable bonds is 2. The molecule has 0 fully saturated rings. The molecule has 0 bridgehead atoms. The lowest BCUT2D eigenvalue weighted by atomic mass is 11.6. The number of halogens is 6. The first-order valence-electron chi connectivity index (χ1n) is 2.62. The minimum Gasteiger partial charge on any atom is -0.412 e. The van der Waals surface area contributed by atoms with Gasteiger partial charge in [0.15, 0.2) is 0 Å². The summed E-state index contributed by atoms with van der Waals surface area (Å²) in [6, 6.07) is 0. The molecule has 15 heteroatoms. The van der Waals surface area contributed by atoms with E-state index in [9.17, 15) is 43.2 Å². The fraction of sp³-hybridized carbons (Fsp3) is 1.00. The van der Waals surface area contributed by atoms with Crippen LogP contribution >= 0.6 is 0 Å². The van der Waals surface area contributed by atoms with Crippen LogP contribution in [0.3, 0.4) is 0 Å². The van der Waals surface area contributed by atoms with Gasteiger partial charge in [-0.15, -0.1) is 0 Å². The van der Waals surface area contributed by atoms with Crippen molar-refractivity contribution in [1.82, 2.24) is 4.13 Å². The molecule has 0 spiro atoms. The van der Waals surface area contributed by atoms with Gasteiger partial charge in [0.2, 0.25) is 0 Å². The highest BCUT2D eigenvalue weighted by Gasteiger charge is 2.55. The first-order valence-corrected chi connectivity index (χ1v) is 5.58. The maximum atomic E-state index is 11.5. The van der Waals surface area contributed by atoms with Crippen molar-refractivity contribution < 1.29 is 54.1 Å². The van der Waals surface area contributed by atoms with E-state index in [4.69, 9.17) is 0 Å². The van der Waals surface area contributed by atoms with E-state index in [0.717, 1.165) is 0 Å². The Hall–Kier alpha value is -0.640. The molecular formula is C2H5F6NO6S2. The summed E-state index contributed by atoms with van der Waals surface area (Å²) in [6.07, 6.45) is 0. The molecule has 0 amide bonds. The van der Waals surface area contributed by atoms with Crippen LogP contribution < -0.4 is 4.13 Å². The first kappa shape index (κ1) is 21.6. The van der Waals surface area contributed by atoms with E-state index in [1.165, 1.54) is 0 Å². The fourth-order valence-corrected chi connectivity index (χ4v) is 2.15. The Morgan fingerprint density at radius 3 is 0.941 bits per heavy atom. The van der Waals surface area contributed by atoms with Gasteiger partial charge in [-0.05, 0) is 0 Å². The van der Waals surface area contributed by atoms with Crippen LogP contribution in [0.5, 0.6) is 0 Å². The van der Waals surface area contributed by atoms with Gasteiger partial charge in [-0.3, -0.25) is 0 Å². The number of nitrogens with one attached hydrogen (secondary N) is 1. The molecule has 0 saturated carbocycles. The summed E-state index contributed by atoms with van der Waals surface area (Å²) in [6.45, 7) is 0. The lowest BCUT2D eigenvalue weighted by Gasteiger charge is -2.11. The van der Waals surface area contributed by atoms with E-state index < -0.39 is 35.2 Å². The molecule has 0 aliphatic carbocycles. The highest BCUT2D eigenvalue weighted by molar-refractivity contribution is 8.05. The summed E-state index contributed by atoms with van der Waals surface area (Å²) >= 11 is 0. The maximum Gasteiger partial charge on any atom is 0.512 e. The highest BCUT2D eigenvalue weighted by Crippen LogP contribution is 2.27. The summed E-state index contributed by atoms with van der Waals surface area (Å²) in [5.41, 5.74) is -12.3. The predicted octanol–water partition coefficient (Wildman–Crippen LogP) is -1.37. The monoisotopic (exact) mass is 317 g/mol. The van der Waals surface area contributed by atoms with Gasteiger partial charge in [-0.1, -0.05) is 4.13 Å². The number of alkyl halides is 6. The smallest absolute Gasteiger partial charge is 0.412 e. The van der Waals surface area contributed by atoms with E-state index in [1.807, 2.05) is 0 Å². The molecule has 0 aliphatic rings. The average Bonchev–Trinajstić information content (AvgIpc) is 1.77. The first-order chi connectivity index (χ1) is 6.21. The molecular weight excluding hydrogens is 312 g/mol. The summed E-state index contributed by atoms with van der Waals surface area (Å²) in [4.78, 5) is 0. The zero-order chi connectivity index (χ0) is 12.7. The van der Waals surface area contributed by atoms with Crippen LogP contribution in [-0.2, 0) is 20.0 Å². The van der Waals surface area contributed by atoms with Crippen molar-refractivity contribution in [3.63, 3.8) is 0 Å². The summed E-state index contributed by atoms with van der Waals surface area (Å²) in [7, 11) is -13.2. The summed E-state index contributed by atoms with van der Waals surface area (Å²) in [5.74, 6) is 0. The van der Waals surface area contributed by atoms with Crippen molar-refractivity contribution in [3.8, 4) is 0 Å². The molecule has 0 aromatic rings. The number of hydrogen-bond acceptors (Lipinski definition) is 4. The quantitative estimate of drug-likeness (QED) is 0.626. The van der Waals surface area contributed by atoms with Crippen molar-refractivity contribution in [3.05, 3.63) is 0 Å². The van der Waals surface area contributed by atoms with E-state index in [1.54, 1.807) is 0 Å². The Labute approximate surface area is 90.1 Å². The van der Waals surface area contributed by atoms with Crippen molar-refractivity contribution >= 4 is 20.0 Å². The Kier molecular flexibility index (Phi) is 6.79. The van der Waals surface area contributed by atoms with Gasteiger partial charge in [0.05, 0.1) is 0 Å². The predicted molar refractivity (Wildman–Crippen MR) is 40.3 cm³/mol. The second-order valence-corrected chi connectivity index (χ2v) is 5.59. The average molecular weight is 317 g/mol. The van der Waals surface area contributed by atoms with Gasteiger partial charge in [0.25, 0.3) is 0 Å². The normalized spacial score (nSPS) is 13.5. The number of sulfonamides is 2. The molecule has 0 rings (SSSR count). The van der Waals surface area contributed by atoms with E-state index in [2.05, 4.69) is 0 Å². The van der Waals surface area contributed by atoms with Crippen LogP contribution in [0.2, 0.25) is 0 Å². The van der Waals surface area contributed by atoms with Gasteiger partial charge >= 0.3 is 31.1 Å². The van der Waals surface area contributed by atoms with E-state index in [-0.39, 0.29) is 11.0 Å². The molecule has 17 heavy (non-hydrogen) atoms. The number of hydrogen-bond donors (Lipinski definition) is 1. The van der Waals surface area contributed by atoms with Crippen LogP contribution in [0, 0.1) is 0 Å². The van der Waals surface area contributed by atoms with Crippen LogP contribution in [-0.4, -0.2) is 38.8 Å². The Balaban J connectivity index is -0.000000980. The van der Waals surface area contributed by atoms with E-state index in [0.29, 0.717) is 0 Å². The van der Waals surface area contributed by atoms with Crippen LogP contribution in [0.25, 0.3) is 0 Å². The molecule has 0 saturated heterocycles. The molecule has 0 aromatic heterocycles. The largest absolute Gasteiger partial charge is 0.512 e. The van der Waals surface area contributed by atoms with Gasteiger partial charge in [-0.25, -0.2) is 16.8 Å². The van der Waals surface area contributed by atoms with Gasteiger partial charge in [-0.2, -0.15) is 26.3 Å². The zero-order valence-corrected chi connectivity index (χ0v) is 8.85. The Morgan fingerprint density at radius 1 is 0.647 bits per heavy atom. The molecule has 5 N–H and O–H groups in total. The van der Waals surface area contributed by atoms with Crippen molar-refractivity contribution in [1.29, 1.82) is 0 Å². The molecule has 7 nitrogen and oxygen atoms in total. The molecule has 0 atom stereocenters.